The van der Waals surface area contributed by atoms with Gasteiger partial charge in [0.1, 0.15) is 12.6 Å². The van der Waals surface area contributed by atoms with E-state index in [-0.39, 0.29) is 30.3 Å². The lowest BCUT2D eigenvalue weighted by Crippen LogP contribution is -2.47. The molecule has 2 aromatic carbocycles. The van der Waals surface area contributed by atoms with Crippen LogP contribution >= 0.6 is 0 Å². The van der Waals surface area contributed by atoms with Crippen LogP contribution in [0.2, 0.25) is 0 Å². The molecule has 168 valence electrons. The minimum Gasteiger partial charge on any atom is -0.481 e. The molecule has 2 aromatic rings. The van der Waals surface area contributed by atoms with E-state index >= 15 is 0 Å². The fourth-order valence-electron chi connectivity index (χ4n) is 4.47. The number of nitrogens with one attached hydrogen (secondary N) is 2. The van der Waals surface area contributed by atoms with E-state index in [0.717, 1.165) is 22.3 Å². The number of ether oxygens (including phenoxy) is 1. The first-order valence-corrected chi connectivity index (χ1v) is 11.1. The van der Waals surface area contributed by atoms with Gasteiger partial charge in [-0.05, 0) is 41.0 Å². The summed E-state index contributed by atoms with van der Waals surface area (Å²) in [5, 5.41) is 14.4. The summed E-state index contributed by atoms with van der Waals surface area (Å²) in [6, 6.07) is 15.5. The van der Waals surface area contributed by atoms with Crippen molar-refractivity contribution in [2.75, 3.05) is 13.2 Å². The van der Waals surface area contributed by atoms with Crippen molar-refractivity contribution in [1.29, 1.82) is 0 Å². The molecule has 3 atom stereocenters. The molecule has 0 bridgehead atoms. The Morgan fingerprint density at radius 1 is 1.06 bits per heavy atom. The number of benzene rings is 2. The molecule has 1 saturated carbocycles. The second kappa shape index (κ2) is 9.42. The van der Waals surface area contributed by atoms with E-state index in [0.29, 0.717) is 25.8 Å². The highest BCUT2D eigenvalue weighted by molar-refractivity contribution is 5.86. The molecular formula is C25H28N2O5. The molecular weight excluding hydrogens is 408 g/mol. The lowest BCUT2D eigenvalue weighted by Gasteiger charge is -2.19. The molecule has 7 nitrogen and oxygen atoms in total. The Bertz CT molecular complexity index is 975. The summed E-state index contributed by atoms with van der Waals surface area (Å²) in [7, 11) is 0. The third-order valence-corrected chi connectivity index (χ3v) is 6.31. The van der Waals surface area contributed by atoms with Crippen LogP contribution in [0.4, 0.5) is 4.79 Å². The number of rotatable bonds is 9. The predicted molar refractivity (Wildman–Crippen MR) is 119 cm³/mol. The highest BCUT2D eigenvalue weighted by Gasteiger charge is 2.43. The number of hydrogen-bond acceptors (Lipinski definition) is 4. The van der Waals surface area contributed by atoms with Crippen molar-refractivity contribution in [3.05, 3.63) is 59.7 Å². The van der Waals surface area contributed by atoms with E-state index in [1.807, 2.05) is 31.2 Å². The molecule has 2 amide bonds. The predicted octanol–water partition coefficient (Wildman–Crippen LogP) is 3.53. The minimum atomic E-state index is -0.828. The Balaban J connectivity index is 1.33. The third-order valence-electron chi connectivity index (χ3n) is 6.31. The van der Waals surface area contributed by atoms with E-state index in [4.69, 9.17) is 9.84 Å². The monoisotopic (exact) mass is 436 g/mol. The van der Waals surface area contributed by atoms with Gasteiger partial charge in [0.15, 0.2) is 0 Å². The van der Waals surface area contributed by atoms with Crippen LogP contribution in [0, 0.1) is 11.8 Å². The maximum absolute atomic E-state index is 12.5. The van der Waals surface area contributed by atoms with Gasteiger partial charge in [-0.25, -0.2) is 4.79 Å². The maximum atomic E-state index is 12.5. The third kappa shape index (κ3) is 4.61. The number of amides is 2. The molecule has 1 fully saturated rings. The molecule has 0 saturated heterocycles. The van der Waals surface area contributed by atoms with Crippen molar-refractivity contribution in [2.45, 2.75) is 38.1 Å². The van der Waals surface area contributed by atoms with Gasteiger partial charge < -0.3 is 20.5 Å². The van der Waals surface area contributed by atoms with Crippen LogP contribution in [-0.4, -0.2) is 42.3 Å². The quantitative estimate of drug-likeness (QED) is 0.558. The van der Waals surface area contributed by atoms with Crippen LogP contribution in [0.5, 0.6) is 0 Å². The van der Waals surface area contributed by atoms with Gasteiger partial charge in [-0.2, -0.15) is 0 Å². The second-order valence-electron chi connectivity index (χ2n) is 8.50. The van der Waals surface area contributed by atoms with Gasteiger partial charge >= 0.3 is 12.1 Å². The largest absolute Gasteiger partial charge is 0.481 e. The van der Waals surface area contributed by atoms with Crippen LogP contribution in [0.25, 0.3) is 11.1 Å². The molecule has 32 heavy (non-hydrogen) atoms. The van der Waals surface area contributed by atoms with Crippen molar-refractivity contribution in [1.82, 2.24) is 10.6 Å². The zero-order valence-electron chi connectivity index (χ0n) is 18.0. The SMILES string of the molecule is CCC[C@H](NC(=O)OCC1c2ccccc2-c2ccccc21)C(=O)NC[C@H]1C[C@H]1C(=O)O. The fourth-order valence-corrected chi connectivity index (χ4v) is 4.47. The first-order chi connectivity index (χ1) is 15.5. The van der Waals surface area contributed by atoms with Crippen molar-refractivity contribution < 1.29 is 24.2 Å². The first kappa shape index (κ1) is 21.9. The summed E-state index contributed by atoms with van der Waals surface area (Å²) in [4.78, 5) is 36.0. The van der Waals surface area contributed by atoms with Gasteiger partial charge in [-0.1, -0.05) is 61.9 Å². The number of alkyl carbamates (subject to hydrolysis) is 1. The summed E-state index contributed by atoms with van der Waals surface area (Å²) in [6.07, 6.45) is 1.13. The highest BCUT2D eigenvalue weighted by Crippen LogP contribution is 2.44. The summed E-state index contributed by atoms with van der Waals surface area (Å²) in [6.45, 7) is 2.42. The van der Waals surface area contributed by atoms with E-state index in [1.165, 1.54) is 0 Å². The number of carbonyl (C=O) groups is 3. The van der Waals surface area contributed by atoms with Crippen molar-refractivity contribution in [3.8, 4) is 11.1 Å². The molecule has 3 N–H and O–H groups in total. The first-order valence-electron chi connectivity index (χ1n) is 11.1. The zero-order valence-corrected chi connectivity index (χ0v) is 18.0. The summed E-state index contributed by atoms with van der Waals surface area (Å²) in [5.41, 5.74) is 4.56. The van der Waals surface area contributed by atoms with E-state index in [1.54, 1.807) is 0 Å². The average molecular weight is 437 g/mol. The van der Waals surface area contributed by atoms with Gasteiger partial charge in [0.05, 0.1) is 5.92 Å². The number of hydrogen-bond donors (Lipinski definition) is 3. The van der Waals surface area contributed by atoms with Crippen molar-refractivity contribution >= 4 is 18.0 Å². The Morgan fingerprint density at radius 2 is 1.69 bits per heavy atom. The normalized spacial score (nSPS) is 19.4. The molecule has 0 aromatic heterocycles. The molecule has 7 heteroatoms. The number of carbonyl (C=O) groups excluding carboxylic acids is 2. The number of carboxylic acids is 1. The van der Waals surface area contributed by atoms with E-state index in [9.17, 15) is 14.4 Å². The van der Waals surface area contributed by atoms with Crippen LogP contribution in [0.1, 0.15) is 43.2 Å². The van der Waals surface area contributed by atoms with Gasteiger partial charge in [-0.3, -0.25) is 9.59 Å². The summed E-state index contributed by atoms with van der Waals surface area (Å²) < 4.78 is 5.55. The summed E-state index contributed by atoms with van der Waals surface area (Å²) >= 11 is 0. The molecule has 2 aliphatic carbocycles. The van der Waals surface area contributed by atoms with E-state index in [2.05, 4.69) is 34.9 Å². The molecule has 0 radical (unpaired) electrons. The van der Waals surface area contributed by atoms with Crippen LogP contribution in [-0.2, 0) is 14.3 Å². The lowest BCUT2D eigenvalue weighted by molar-refractivity contribution is -0.139. The van der Waals surface area contributed by atoms with Crippen LogP contribution in [0.15, 0.2) is 48.5 Å². The topological polar surface area (TPSA) is 105 Å². The van der Waals surface area contributed by atoms with Crippen LogP contribution in [0.3, 0.4) is 0 Å². The summed E-state index contributed by atoms with van der Waals surface area (Å²) in [5.74, 6) is -1.60. The Kier molecular flexibility index (Phi) is 6.44. The molecule has 0 aliphatic heterocycles. The Labute approximate surface area is 187 Å². The number of fused-ring (bicyclic) bond motifs is 3. The molecule has 4 rings (SSSR count). The number of aliphatic carboxylic acids is 1. The maximum Gasteiger partial charge on any atom is 0.407 e. The van der Waals surface area contributed by atoms with Gasteiger partial charge in [0.2, 0.25) is 5.91 Å². The molecule has 0 unspecified atom stereocenters. The van der Waals surface area contributed by atoms with Crippen molar-refractivity contribution in [3.63, 3.8) is 0 Å². The second-order valence-corrected chi connectivity index (χ2v) is 8.50. The van der Waals surface area contributed by atoms with Crippen molar-refractivity contribution in [2.24, 2.45) is 11.8 Å². The smallest absolute Gasteiger partial charge is 0.407 e. The van der Waals surface area contributed by atoms with E-state index < -0.39 is 18.1 Å². The zero-order chi connectivity index (χ0) is 22.7. The Morgan fingerprint density at radius 3 is 2.25 bits per heavy atom. The lowest BCUT2D eigenvalue weighted by atomic mass is 9.98. The van der Waals surface area contributed by atoms with Gasteiger partial charge in [0, 0.05) is 12.5 Å². The molecule has 2 aliphatic rings. The molecule has 0 spiro atoms. The molecule has 0 heterocycles. The number of carboxylic acid groups (broad SMARTS) is 1. The average Bonchev–Trinajstić information content (AvgIpc) is 3.51. The minimum absolute atomic E-state index is 0.0341. The fraction of sp³-hybridized carbons (Fsp3) is 0.400. The van der Waals surface area contributed by atoms with Gasteiger partial charge in [0.25, 0.3) is 0 Å². The highest BCUT2D eigenvalue weighted by atomic mass is 16.5. The van der Waals surface area contributed by atoms with Gasteiger partial charge in [-0.15, -0.1) is 0 Å². The standard InChI is InChI=1S/C25H28N2O5/c1-2-7-22(23(28)26-13-15-12-20(15)24(29)30)27-25(31)32-14-21-18-10-5-3-8-16(18)17-9-4-6-11-19(17)21/h3-6,8-11,15,20-22H,2,7,12-14H2,1H3,(H,26,28)(H,27,31)(H,29,30)/t15-,20-,22+/m1/s1. The Hall–Kier alpha value is -3.35. The van der Waals surface area contributed by atoms with Crippen LogP contribution < -0.4 is 10.6 Å².